The number of aliphatic hydroxyl groups is 1. The van der Waals surface area contributed by atoms with Crippen molar-refractivity contribution in [2.24, 2.45) is 11.1 Å². The van der Waals surface area contributed by atoms with Crippen molar-refractivity contribution in [2.45, 2.75) is 26.4 Å². The van der Waals surface area contributed by atoms with E-state index in [1.165, 1.54) is 12.1 Å². The molecule has 16 heavy (non-hydrogen) atoms. The molecular weight excluding hydrogens is 229 g/mol. The topological polar surface area (TPSA) is 46.2 Å². The zero-order valence-electron chi connectivity index (χ0n) is 9.50. The highest BCUT2D eigenvalue weighted by molar-refractivity contribution is 6.31. The Morgan fingerprint density at radius 3 is 2.62 bits per heavy atom. The lowest BCUT2D eigenvalue weighted by molar-refractivity contribution is 0.0364. The molecule has 0 aromatic heterocycles. The van der Waals surface area contributed by atoms with Gasteiger partial charge < -0.3 is 10.8 Å². The summed E-state index contributed by atoms with van der Waals surface area (Å²) in [6.07, 6.45) is -0.341. The van der Waals surface area contributed by atoms with Crippen LogP contribution >= 0.6 is 11.6 Å². The van der Waals surface area contributed by atoms with Crippen LogP contribution in [-0.2, 0) is 0 Å². The van der Waals surface area contributed by atoms with Gasteiger partial charge in [-0.1, -0.05) is 31.5 Å². The van der Waals surface area contributed by atoms with E-state index in [2.05, 4.69) is 0 Å². The molecule has 4 heteroatoms. The third-order valence-corrected chi connectivity index (χ3v) is 3.54. The molecule has 2 unspecified atom stereocenters. The number of benzene rings is 1. The fourth-order valence-corrected chi connectivity index (χ4v) is 1.84. The smallest absolute Gasteiger partial charge is 0.130 e. The molecule has 0 heterocycles. The second kappa shape index (κ2) is 5.13. The van der Waals surface area contributed by atoms with Crippen LogP contribution in [0, 0.1) is 11.2 Å². The first-order chi connectivity index (χ1) is 7.46. The lowest BCUT2D eigenvalue weighted by Crippen LogP contribution is -2.33. The van der Waals surface area contributed by atoms with E-state index in [-0.39, 0.29) is 17.1 Å². The highest BCUT2D eigenvalue weighted by atomic mass is 35.5. The van der Waals surface area contributed by atoms with Gasteiger partial charge in [0.25, 0.3) is 0 Å². The first-order valence-electron chi connectivity index (χ1n) is 5.28. The van der Waals surface area contributed by atoms with Crippen LogP contribution in [0.2, 0.25) is 5.02 Å². The maximum Gasteiger partial charge on any atom is 0.130 e. The molecule has 2 atom stereocenters. The number of hydrogen-bond donors (Lipinski definition) is 2. The number of halogens is 2. The van der Waals surface area contributed by atoms with Crippen molar-refractivity contribution < 1.29 is 9.50 Å². The standard InChI is InChI=1S/C12H17ClFNO/c1-3-12(2,7-15)11(16)10-8(13)5-4-6-9(10)14/h4-6,11,16H,3,7,15H2,1-2H3. The number of rotatable bonds is 4. The zero-order chi connectivity index (χ0) is 12.3. The van der Waals surface area contributed by atoms with Crippen molar-refractivity contribution in [1.29, 1.82) is 0 Å². The van der Waals surface area contributed by atoms with Crippen LogP contribution < -0.4 is 5.73 Å². The van der Waals surface area contributed by atoms with Crippen LogP contribution in [0.1, 0.15) is 31.9 Å². The van der Waals surface area contributed by atoms with E-state index in [1.807, 2.05) is 13.8 Å². The number of nitrogens with two attached hydrogens (primary N) is 1. The highest BCUT2D eigenvalue weighted by Crippen LogP contribution is 2.39. The fraction of sp³-hybridized carbons (Fsp3) is 0.500. The minimum absolute atomic E-state index is 0.138. The van der Waals surface area contributed by atoms with Crippen LogP contribution in [0.4, 0.5) is 4.39 Å². The molecule has 0 amide bonds. The molecule has 90 valence electrons. The molecule has 0 aliphatic rings. The average Bonchev–Trinajstić information content (AvgIpc) is 2.27. The molecule has 3 N–H and O–H groups in total. The van der Waals surface area contributed by atoms with Gasteiger partial charge in [0.1, 0.15) is 5.82 Å². The normalized spacial score (nSPS) is 16.9. The summed E-state index contributed by atoms with van der Waals surface area (Å²) in [5.41, 5.74) is 5.20. The van der Waals surface area contributed by atoms with Crippen molar-refractivity contribution in [3.63, 3.8) is 0 Å². The summed E-state index contributed by atoms with van der Waals surface area (Å²) in [5, 5.41) is 10.4. The SMILES string of the molecule is CCC(C)(CN)C(O)c1c(F)cccc1Cl. The molecule has 0 spiro atoms. The molecule has 0 aliphatic carbocycles. The van der Waals surface area contributed by atoms with E-state index < -0.39 is 17.3 Å². The Morgan fingerprint density at radius 1 is 1.56 bits per heavy atom. The van der Waals surface area contributed by atoms with E-state index >= 15 is 0 Å². The second-order valence-corrected chi connectivity index (χ2v) is 4.66. The van der Waals surface area contributed by atoms with E-state index in [1.54, 1.807) is 6.07 Å². The predicted molar refractivity (Wildman–Crippen MR) is 63.8 cm³/mol. The molecule has 0 saturated carbocycles. The largest absolute Gasteiger partial charge is 0.388 e. The summed E-state index contributed by atoms with van der Waals surface area (Å²) in [4.78, 5) is 0. The van der Waals surface area contributed by atoms with Gasteiger partial charge in [-0.05, 0) is 18.6 Å². The van der Waals surface area contributed by atoms with Crippen LogP contribution in [0.15, 0.2) is 18.2 Å². The summed E-state index contributed by atoms with van der Waals surface area (Å²) in [6, 6.07) is 4.37. The van der Waals surface area contributed by atoms with Gasteiger partial charge in [-0.2, -0.15) is 0 Å². The van der Waals surface area contributed by atoms with E-state index in [9.17, 15) is 9.50 Å². The van der Waals surface area contributed by atoms with Gasteiger partial charge in [0, 0.05) is 22.5 Å². The Labute approximate surface area is 100 Å². The first kappa shape index (κ1) is 13.4. The van der Waals surface area contributed by atoms with Crippen molar-refractivity contribution in [3.8, 4) is 0 Å². The lowest BCUT2D eigenvalue weighted by Gasteiger charge is -2.33. The minimum Gasteiger partial charge on any atom is -0.388 e. The van der Waals surface area contributed by atoms with Crippen molar-refractivity contribution >= 4 is 11.6 Å². The van der Waals surface area contributed by atoms with Crippen molar-refractivity contribution in [2.75, 3.05) is 6.54 Å². The van der Waals surface area contributed by atoms with Crippen LogP contribution in [0.25, 0.3) is 0 Å². The molecule has 1 aromatic carbocycles. The van der Waals surface area contributed by atoms with E-state index in [0.717, 1.165) is 0 Å². The number of hydrogen-bond acceptors (Lipinski definition) is 2. The van der Waals surface area contributed by atoms with Gasteiger partial charge in [0.2, 0.25) is 0 Å². The Kier molecular flexibility index (Phi) is 4.30. The van der Waals surface area contributed by atoms with Gasteiger partial charge in [0.15, 0.2) is 0 Å². The predicted octanol–water partition coefficient (Wildman–Crippen LogP) is 2.89. The Hall–Kier alpha value is -0.640. The maximum absolute atomic E-state index is 13.6. The molecule has 0 saturated heterocycles. The van der Waals surface area contributed by atoms with E-state index in [0.29, 0.717) is 6.42 Å². The van der Waals surface area contributed by atoms with Crippen LogP contribution in [0.3, 0.4) is 0 Å². The van der Waals surface area contributed by atoms with Gasteiger partial charge in [-0.25, -0.2) is 4.39 Å². The third kappa shape index (κ3) is 2.37. The summed E-state index contributed by atoms with van der Waals surface area (Å²) in [7, 11) is 0. The summed E-state index contributed by atoms with van der Waals surface area (Å²) in [5.74, 6) is -0.492. The maximum atomic E-state index is 13.6. The quantitative estimate of drug-likeness (QED) is 0.857. The molecular formula is C12H17ClFNO. The first-order valence-corrected chi connectivity index (χ1v) is 5.66. The molecule has 2 nitrogen and oxygen atoms in total. The van der Waals surface area contributed by atoms with Gasteiger partial charge >= 0.3 is 0 Å². The van der Waals surface area contributed by atoms with Crippen LogP contribution in [0.5, 0.6) is 0 Å². The Bertz CT molecular complexity index is 346. The van der Waals surface area contributed by atoms with Gasteiger partial charge in [-0.15, -0.1) is 0 Å². The molecule has 0 aliphatic heterocycles. The van der Waals surface area contributed by atoms with Crippen LogP contribution in [-0.4, -0.2) is 11.7 Å². The van der Waals surface area contributed by atoms with E-state index in [4.69, 9.17) is 17.3 Å². The molecule has 0 bridgehead atoms. The molecule has 1 rings (SSSR count). The lowest BCUT2D eigenvalue weighted by atomic mass is 9.78. The van der Waals surface area contributed by atoms with Crippen molar-refractivity contribution in [1.82, 2.24) is 0 Å². The Balaban J connectivity index is 3.18. The monoisotopic (exact) mass is 245 g/mol. The fourth-order valence-electron chi connectivity index (χ4n) is 1.57. The third-order valence-electron chi connectivity index (χ3n) is 3.21. The average molecular weight is 246 g/mol. The molecule has 0 fully saturated rings. The second-order valence-electron chi connectivity index (χ2n) is 4.25. The van der Waals surface area contributed by atoms with Crippen molar-refractivity contribution in [3.05, 3.63) is 34.6 Å². The number of aliphatic hydroxyl groups excluding tert-OH is 1. The van der Waals surface area contributed by atoms with Gasteiger partial charge in [-0.3, -0.25) is 0 Å². The zero-order valence-corrected chi connectivity index (χ0v) is 10.3. The minimum atomic E-state index is -0.990. The summed E-state index contributed by atoms with van der Waals surface area (Å²) in [6.45, 7) is 4.00. The Morgan fingerprint density at radius 2 is 2.19 bits per heavy atom. The summed E-state index contributed by atoms with van der Waals surface area (Å²) < 4.78 is 13.6. The molecule has 0 radical (unpaired) electrons. The van der Waals surface area contributed by atoms with Gasteiger partial charge in [0.05, 0.1) is 6.10 Å². The highest BCUT2D eigenvalue weighted by Gasteiger charge is 2.33. The molecule has 1 aromatic rings. The summed E-state index contributed by atoms with van der Waals surface area (Å²) >= 11 is 5.90.